The zero-order valence-electron chi connectivity index (χ0n) is 10.8. The predicted molar refractivity (Wildman–Crippen MR) is 72.7 cm³/mol. The summed E-state index contributed by atoms with van der Waals surface area (Å²) in [6.07, 6.45) is 7.29. The van der Waals surface area contributed by atoms with Crippen LogP contribution in [0, 0.1) is 0 Å². The Morgan fingerprint density at radius 3 is 3.06 bits per heavy atom. The van der Waals surface area contributed by atoms with Crippen LogP contribution in [0.15, 0.2) is 36.4 Å². The number of nitrogens with one attached hydrogen (secondary N) is 1. The van der Waals surface area contributed by atoms with Crippen LogP contribution in [0.5, 0.6) is 5.75 Å². The lowest BCUT2D eigenvalue weighted by Crippen LogP contribution is -2.33. The number of hydrogen-bond acceptors (Lipinski definition) is 3. The maximum atomic E-state index is 10.1. The van der Waals surface area contributed by atoms with Gasteiger partial charge in [0.15, 0.2) is 0 Å². The van der Waals surface area contributed by atoms with Crippen molar-refractivity contribution in [1.29, 1.82) is 0 Å². The molecule has 0 radical (unpaired) electrons. The molecular weight excluding hydrogens is 226 g/mol. The molecule has 0 saturated heterocycles. The van der Waals surface area contributed by atoms with Gasteiger partial charge < -0.3 is 15.2 Å². The molecule has 0 amide bonds. The Morgan fingerprint density at radius 2 is 2.33 bits per heavy atom. The van der Waals surface area contributed by atoms with Crippen LogP contribution in [0.3, 0.4) is 0 Å². The van der Waals surface area contributed by atoms with Gasteiger partial charge in [-0.15, -0.1) is 0 Å². The highest BCUT2D eigenvalue weighted by atomic mass is 16.5. The van der Waals surface area contributed by atoms with Crippen LogP contribution in [-0.4, -0.2) is 24.8 Å². The van der Waals surface area contributed by atoms with E-state index in [4.69, 9.17) is 4.74 Å². The Balaban J connectivity index is 1.86. The van der Waals surface area contributed by atoms with Crippen molar-refractivity contribution in [2.24, 2.45) is 0 Å². The minimum Gasteiger partial charge on any atom is -0.497 e. The molecule has 2 rings (SSSR count). The number of rotatable bonds is 5. The summed E-state index contributed by atoms with van der Waals surface area (Å²) >= 11 is 0. The van der Waals surface area contributed by atoms with Crippen molar-refractivity contribution in [1.82, 2.24) is 5.32 Å². The summed E-state index contributed by atoms with van der Waals surface area (Å²) < 4.78 is 5.16. The number of benzene rings is 1. The molecule has 1 aliphatic rings. The van der Waals surface area contributed by atoms with E-state index in [0.717, 1.165) is 30.6 Å². The average molecular weight is 247 g/mol. The van der Waals surface area contributed by atoms with E-state index in [9.17, 15) is 5.11 Å². The molecule has 1 aromatic carbocycles. The van der Waals surface area contributed by atoms with Gasteiger partial charge in [0.25, 0.3) is 0 Å². The number of aliphatic hydroxyl groups is 1. The van der Waals surface area contributed by atoms with Crippen molar-refractivity contribution < 1.29 is 9.84 Å². The first-order valence-corrected chi connectivity index (χ1v) is 6.50. The van der Waals surface area contributed by atoms with Crippen LogP contribution in [0.25, 0.3) is 0 Å². The molecule has 0 aromatic heterocycles. The average Bonchev–Trinajstić information content (AvgIpc) is 2.46. The molecule has 0 saturated carbocycles. The molecule has 0 bridgehead atoms. The van der Waals surface area contributed by atoms with Gasteiger partial charge in [-0.1, -0.05) is 24.3 Å². The normalized spacial score (nSPS) is 20.7. The smallest absolute Gasteiger partial charge is 0.119 e. The number of allylic oxidation sites excluding steroid dienone is 1. The third-order valence-electron chi connectivity index (χ3n) is 3.35. The van der Waals surface area contributed by atoms with Gasteiger partial charge in [-0.3, -0.25) is 0 Å². The largest absolute Gasteiger partial charge is 0.497 e. The van der Waals surface area contributed by atoms with Gasteiger partial charge in [0, 0.05) is 12.6 Å². The van der Waals surface area contributed by atoms with Crippen LogP contribution in [0.1, 0.15) is 30.9 Å². The Kier molecular flexibility index (Phi) is 4.79. The summed E-state index contributed by atoms with van der Waals surface area (Å²) in [6.45, 7) is 0.589. The highest BCUT2D eigenvalue weighted by Gasteiger charge is 2.13. The van der Waals surface area contributed by atoms with E-state index in [1.807, 2.05) is 24.3 Å². The monoisotopic (exact) mass is 247 g/mol. The van der Waals surface area contributed by atoms with Gasteiger partial charge in [0.05, 0.1) is 13.2 Å². The standard InChI is InChI=1S/C15H21NO2/c1-18-14-9-5-6-12(10-14)15(17)11-16-13-7-3-2-4-8-13/h2-3,5-6,9-10,13,15-17H,4,7-8,11H2,1H3. The van der Waals surface area contributed by atoms with Crippen molar-refractivity contribution >= 4 is 0 Å². The third kappa shape index (κ3) is 3.59. The SMILES string of the molecule is COc1cccc(C(O)CNC2CC=CCC2)c1. The maximum Gasteiger partial charge on any atom is 0.119 e. The number of hydrogen-bond donors (Lipinski definition) is 2. The van der Waals surface area contributed by atoms with Crippen LogP contribution >= 0.6 is 0 Å². The Labute approximate surface area is 108 Å². The molecule has 1 aromatic rings. The van der Waals surface area contributed by atoms with Crippen molar-refractivity contribution in [3.63, 3.8) is 0 Å². The first-order valence-electron chi connectivity index (χ1n) is 6.50. The molecule has 0 spiro atoms. The molecule has 98 valence electrons. The van der Waals surface area contributed by atoms with Gasteiger partial charge in [0.1, 0.15) is 5.75 Å². The number of ether oxygens (including phenoxy) is 1. The lowest BCUT2D eigenvalue weighted by molar-refractivity contribution is 0.168. The predicted octanol–water partition coefficient (Wildman–Crippen LogP) is 2.43. The van der Waals surface area contributed by atoms with Crippen LogP contribution < -0.4 is 10.1 Å². The van der Waals surface area contributed by atoms with Gasteiger partial charge in [-0.2, -0.15) is 0 Å². The Hall–Kier alpha value is -1.32. The molecule has 0 heterocycles. The minimum absolute atomic E-state index is 0.481. The zero-order valence-corrected chi connectivity index (χ0v) is 10.8. The summed E-state index contributed by atoms with van der Waals surface area (Å²) in [4.78, 5) is 0. The minimum atomic E-state index is -0.481. The fraction of sp³-hybridized carbons (Fsp3) is 0.467. The molecule has 3 heteroatoms. The Morgan fingerprint density at radius 1 is 1.44 bits per heavy atom. The van der Waals surface area contributed by atoms with E-state index >= 15 is 0 Å². The molecule has 0 fully saturated rings. The Bertz CT molecular complexity index is 403. The number of methoxy groups -OCH3 is 1. The fourth-order valence-corrected chi connectivity index (χ4v) is 2.22. The summed E-state index contributed by atoms with van der Waals surface area (Å²) in [5, 5.41) is 13.6. The second kappa shape index (κ2) is 6.57. The third-order valence-corrected chi connectivity index (χ3v) is 3.35. The van der Waals surface area contributed by atoms with Crippen LogP contribution in [-0.2, 0) is 0 Å². The summed E-state index contributed by atoms with van der Waals surface area (Å²) in [5.74, 6) is 0.784. The van der Waals surface area contributed by atoms with Gasteiger partial charge >= 0.3 is 0 Å². The molecule has 0 aliphatic heterocycles. The number of aliphatic hydroxyl groups excluding tert-OH is 1. The summed E-state index contributed by atoms with van der Waals surface area (Å²) in [5.41, 5.74) is 0.896. The highest BCUT2D eigenvalue weighted by Crippen LogP contribution is 2.19. The summed E-state index contributed by atoms with van der Waals surface area (Å²) in [6, 6.07) is 8.09. The van der Waals surface area contributed by atoms with Gasteiger partial charge in [-0.05, 0) is 37.0 Å². The lowest BCUT2D eigenvalue weighted by Gasteiger charge is -2.21. The highest BCUT2D eigenvalue weighted by molar-refractivity contribution is 5.29. The molecule has 2 atom stereocenters. The fourth-order valence-electron chi connectivity index (χ4n) is 2.22. The van der Waals surface area contributed by atoms with Gasteiger partial charge in [0.2, 0.25) is 0 Å². The molecule has 2 unspecified atom stereocenters. The second-order valence-corrected chi connectivity index (χ2v) is 4.68. The van der Waals surface area contributed by atoms with E-state index < -0.39 is 6.10 Å². The second-order valence-electron chi connectivity index (χ2n) is 4.68. The topological polar surface area (TPSA) is 41.5 Å². The van der Waals surface area contributed by atoms with Crippen LogP contribution in [0.2, 0.25) is 0 Å². The lowest BCUT2D eigenvalue weighted by atomic mass is 10.0. The zero-order chi connectivity index (χ0) is 12.8. The van der Waals surface area contributed by atoms with E-state index in [-0.39, 0.29) is 0 Å². The van der Waals surface area contributed by atoms with Gasteiger partial charge in [-0.25, -0.2) is 0 Å². The van der Waals surface area contributed by atoms with E-state index in [1.165, 1.54) is 0 Å². The van der Waals surface area contributed by atoms with E-state index in [2.05, 4.69) is 17.5 Å². The molecule has 3 nitrogen and oxygen atoms in total. The summed E-state index contributed by atoms with van der Waals surface area (Å²) in [7, 11) is 1.64. The first-order chi connectivity index (χ1) is 8.79. The van der Waals surface area contributed by atoms with Crippen LogP contribution in [0.4, 0.5) is 0 Å². The first kappa shape index (κ1) is 13.1. The molecule has 18 heavy (non-hydrogen) atoms. The quantitative estimate of drug-likeness (QED) is 0.785. The molecule has 1 aliphatic carbocycles. The molecule has 2 N–H and O–H groups in total. The maximum absolute atomic E-state index is 10.1. The van der Waals surface area contributed by atoms with Crippen molar-refractivity contribution in [3.05, 3.63) is 42.0 Å². The van der Waals surface area contributed by atoms with Crippen molar-refractivity contribution in [2.45, 2.75) is 31.4 Å². The van der Waals surface area contributed by atoms with E-state index in [1.54, 1.807) is 7.11 Å². The molecular formula is C15H21NO2. The van der Waals surface area contributed by atoms with Crippen molar-refractivity contribution in [3.8, 4) is 5.75 Å². The van der Waals surface area contributed by atoms with Crippen molar-refractivity contribution in [2.75, 3.05) is 13.7 Å². The van der Waals surface area contributed by atoms with E-state index in [0.29, 0.717) is 12.6 Å².